The average Bonchev–Trinajstić information content (AvgIpc) is 3.08. The third-order valence-electron chi connectivity index (χ3n) is 5.61. The standard InChI is InChI=1S/C24H32N4O3S/c1-5-6-7-8-18-9-11-19(12-10-18)25-24(29)16-15-23-26-21-17-20(32(30,31)27(2)3)13-14-22(21)28(23)4/h9-14,17H,5-8,15-16H2,1-4H3,(H,25,29). The number of benzene rings is 2. The monoisotopic (exact) mass is 456 g/mol. The Labute approximate surface area is 190 Å². The molecule has 0 bridgehead atoms. The Balaban J connectivity index is 1.63. The van der Waals surface area contributed by atoms with Crippen molar-refractivity contribution in [2.45, 2.75) is 50.3 Å². The van der Waals surface area contributed by atoms with Crippen molar-refractivity contribution in [3.05, 3.63) is 53.9 Å². The van der Waals surface area contributed by atoms with Crippen molar-refractivity contribution < 1.29 is 13.2 Å². The number of nitrogens with zero attached hydrogens (tertiary/aromatic N) is 3. The molecule has 7 nitrogen and oxygen atoms in total. The van der Waals surface area contributed by atoms with E-state index in [-0.39, 0.29) is 17.2 Å². The van der Waals surface area contributed by atoms with Gasteiger partial charge in [0.25, 0.3) is 0 Å². The van der Waals surface area contributed by atoms with Gasteiger partial charge in [-0.2, -0.15) is 0 Å². The summed E-state index contributed by atoms with van der Waals surface area (Å²) in [6.07, 6.45) is 5.43. The Hall–Kier alpha value is -2.71. The van der Waals surface area contributed by atoms with Crippen LogP contribution in [0.5, 0.6) is 0 Å². The van der Waals surface area contributed by atoms with Crippen LogP contribution in [0.2, 0.25) is 0 Å². The molecule has 0 saturated heterocycles. The average molecular weight is 457 g/mol. The number of nitrogens with one attached hydrogen (secondary N) is 1. The lowest BCUT2D eigenvalue weighted by atomic mass is 10.1. The molecule has 0 aliphatic rings. The maximum absolute atomic E-state index is 12.4. The highest BCUT2D eigenvalue weighted by Crippen LogP contribution is 2.22. The summed E-state index contributed by atoms with van der Waals surface area (Å²) in [5.41, 5.74) is 3.51. The van der Waals surface area contributed by atoms with Crippen LogP contribution in [0.15, 0.2) is 47.4 Å². The number of rotatable bonds is 10. The van der Waals surface area contributed by atoms with Gasteiger partial charge < -0.3 is 9.88 Å². The van der Waals surface area contributed by atoms with E-state index in [1.807, 2.05) is 23.7 Å². The van der Waals surface area contributed by atoms with Crippen LogP contribution in [0, 0.1) is 0 Å². The number of carbonyl (C=O) groups excluding carboxylic acids is 1. The SMILES string of the molecule is CCCCCc1ccc(NC(=O)CCc2nc3cc(S(=O)(=O)N(C)C)ccc3n2C)cc1. The summed E-state index contributed by atoms with van der Waals surface area (Å²) < 4.78 is 27.8. The highest BCUT2D eigenvalue weighted by molar-refractivity contribution is 7.89. The molecule has 32 heavy (non-hydrogen) atoms. The molecule has 0 fully saturated rings. The first kappa shape index (κ1) is 23.9. The smallest absolute Gasteiger partial charge is 0.242 e. The highest BCUT2D eigenvalue weighted by atomic mass is 32.2. The van der Waals surface area contributed by atoms with Gasteiger partial charge in [-0.15, -0.1) is 0 Å². The molecule has 1 aromatic heterocycles. The fraction of sp³-hybridized carbons (Fsp3) is 0.417. The number of anilines is 1. The zero-order chi connectivity index (χ0) is 23.3. The van der Waals surface area contributed by atoms with Crippen molar-refractivity contribution in [1.82, 2.24) is 13.9 Å². The number of aromatic nitrogens is 2. The lowest BCUT2D eigenvalue weighted by molar-refractivity contribution is -0.116. The van der Waals surface area contributed by atoms with E-state index in [9.17, 15) is 13.2 Å². The minimum Gasteiger partial charge on any atom is -0.331 e. The summed E-state index contributed by atoms with van der Waals surface area (Å²) in [7, 11) is 1.36. The molecular weight excluding hydrogens is 424 g/mol. The first-order valence-electron chi connectivity index (χ1n) is 11.0. The number of aryl methyl sites for hydroxylation is 3. The van der Waals surface area contributed by atoms with Gasteiger partial charge in [-0.25, -0.2) is 17.7 Å². The molecule has 0 aliphatic carbocycles. The summed E-state index contributed by atoms with van der Waals surface area (Å²) in [4.78, 5) is 17.2. The molecule has 0 atom stereocenters. The number of imidazole rings is 1. The van der Waals surface area contributed by atoms with E-state index in [1.54, 1.807) is 18.2 Å². The molecular formula is C24H32N4O3S. The molecule has 2 aromatic carbocycles. The molecule has 3 rings (SSSR count). The first-order valence-corrected chi connectivity index (χ1v) is 12.4. The maximum Gasteiger partial charge on any atom is 0.242 e. The molecule has 0 aliphatic heterocycles. The van der Waals surface area contributed by atoms with Gasteiger partial charge in [0.15, 0.2) is 0 Å². The molecule has 1 heterocycles. The van der Waals surface area contributed by atoms with Crippen LogP contribution in [0.3, 0.4) is 0 Å². The van der Waals surface area contributed by atoms with Gasteiger partial charge in [-0.3, -0.25) is 4.79 Å². The van der Waals surface area contributed by atoms with E-state index in [4.69, 9.17) is 0 Å². The number of sulfonamides is 1. The minimum atomic E-state index is -3.52. The van der Waals surface area contributed by atoms with Crippen molar-refractivity contribution in [2.24, 2.45) is 7.05 Å². The molecule has 8 heteroatoms. The number of carbonyl (C=O) groups is 1. The Morgan fingerprint density at radius 1 is 1.06 bits per heavy atom. The summed E-state index contributed by atoms with van der Waals surface area (Å²) in [6, 6.07) is 12.9. The van der Waals surface area contributed by atoms with Crippen molar-refractivity contribution in [2.75, 3.05) is 19.4 Å². The maximum atomic E-state index is 12.4. The van der Waals surface area contributed by atoms with Crippen LogP contribution in [0.25, 0.3) is 11.0 Å². The van der Waals surface area contributed by atoms with E-state index in [1.165, 1.54) is 43.2 Å². The van der Waals surface area contributed by atoms with Crippen LogP contribution in [-0.2, 0) is 34.7 Å². The van der Waals surface area contributed by atoms with Crippen LogP contribution >= 0.6 is 0 Å². The molecule has 0 spiro atoms. The quantitative estimate of drug-likeness (QED) is 0.465. The Bertz CT molecular complexity index is 1180. The fourth-order valence-corrected chi connectivity index (χ4v) is 4.53. The third-order valence-corrected chi connectivity index (χ3v) is 7.42. The van der Waals surface area contributed by atoms with Gasteiger partial charge in [-0.05, 0) is 48.7 Å². The second-order valence-electron chi connectivity index (χ2n) is 8.23. The lowest BCUT2D eigenvalue weighted by Gasteiger charge is -2.10. The fourth-order valence-electron chi connectivity index (χ4n) is 3.61. The van der Waals surface area contributed by atoms with E-state index in [0.29, 0.717) is 11.9 Å². The van der Waals surface area contributed by atoms with Crippen molar-refractivity contribution in [1.29, 1.82) is 0 Å². The molecule has 0 radical (unpaired) electrons. The predicted molar refractivity (Wildman–Crippen MR) is 128 cm³/mol. The zero-order valence-electron chi connectivity index (χ0n) is 19.3. The Kier molecular flexibility index (Phi) is 7.69. The van der Waals surface area contributed by atoms with E-state index in [2.05, 4.69) is 29.4 Å². The molecule has 1 amide bonds. The number of amides is 1. The first-order chi connectivity index (χ1) is 15.2. The van der Waals surface area contributed by atoms with Crippen LogP contribution in [0.4, 0.5) is 5.69 Å². The second-order valence-corrected chi connectivity index (χ2v) is 10.4. The van der Waals surface area contributed by atoms with Crippen LogP contribution in [0.1, 0.15) is 44.0 Å². The number of fused-ring (bicyclic) bond motifs is 1. The molecule has 1 N–H and O–H groups in total. The summed E-state index contributed by atoms with van der Waals surface area (Å²) >= 11 is 0. The molecule has 0 unspecified atom stereocenters. The Morgan fingerprint density at radius 3 is 2.44 bits per heavy atom. The normalized spacial score (nSPS) is 11.9. The summed E-state index contributed by atoms with van der Waals surface area (Å²) in [5.74, 6) is 0.660. The highest BCUT2D eigenvalue weighted by Gasteiger charge is 2.19. The number of hydrogen-bond donors (Lipinski definition) is 1. The number of hydrogen-bond acceptors (Lipinski definition) is 4. The van der Waals surface area contributed by atoms with E-state index >= 15 is 0 Å². The summed E-state index contributed by atoms with van der Waals surface area (Å²) in [6.45, 7) is 2.19. The van der Waals surface area contributed by atoms with Crippen molar-refractivity contribution in [3.8, 4) is 0 Å². The summed E-state index contributed by atoms with van der Waals surface area (Å²) in [5, 5.41) is 2.94. The van der Waals surface area contributed by atoms with Gasteiger partial charge in [-0.1, -0.05) is 31.9 Å². The van der Waals surface area contributed by atoms with Crippen molar-refractivity contribution >= 4 is 32.7 Å². The Morgan fingerprint density at radius 2 is 1.78 bits per heavy atom. The molecule has 3 aromatic rings. The number of unbranched alkanes of at least 4 members (excludes halogenated alkanes) is 2. The molecule has 0 saturated carbocycles. The van der Waals surface area contributed by atoms with Gasteiger partial charge in [0, 0.05) is 39.7 Å². The van der Waals surface area contributed by atoms with Gasteiger partial charge in [0.2, 0.25) is 15.9 Å². The van der Waals surface area contributed by atoms with Gasteiger partial charge in [0.1, 0.15) is 5.82 Å². The van der Waals surface area contributed by atoms with E-state index < -0.39 is 10.0 Å². The van der Waals surface area contributed by atoms with Gasteiger partial charge in [0.05, 0.1) is 15.9 Å². The van der Waals surface area contributed by atoms with Crippen molar-refractivity contribution in [3.63, 3.8) is 0 Å². The zero-order valence-corrected chi connectivity index (χ0v) is 20.1. The van der Waals surface area contributed by atoms with Crippen LogP contribution < -0.4 is 5.32 Å². The minimum absolute atomic E-state index is 0.0772. The van der Waals surface area contributed by atoms with Gasteiger partial charge >= 0.3 is 0 Å². The lowest BCUT2D eigenvalue weighted by Crippen LogP contribution is -2.22. The predicted octanol–water partition coefficient (Wildman–Crippen LogP) is 4.13. The third kappa shape index (κ3) is 5.55. The van der Waals surface area contributed by atoms with Crippen LogP contribution in [-0.4, -0.2) is 42.3 Å². The largest absolute Gasteiger partial charge is 0.331 e. The van der Waals surface area contributed by atoms with E-state index in [0.717, 1.165) is 23.4 Å². The topological polar surface area (TPSA) is 84.3 Å². The second kappa shape index (κ2) is 10.3. The molecule has 172 valence electrons.